The summed E-state index contributed by atoms with van der Waals surface area (Å²) in [5.41, 5.74) is 0.773. The van der Waals surface area contributed by atoms with Gasteiger partial charge in [-0.15, -0.1) is 17.5 Å². The number of thioether (sulfide) groups is 1. The molecule has 2 heterocycles. The van der Waals surface area contributed by atoms with E-state index in [1.54, 1.807) is 4.90 Å². The van der Waals surface area contributed by atoms with Gasteiger partial charge in [-0.2, -0.15) is 4.68 Å². The average Bonchev–Trinajstić information content (AvgIpc) is 3.31. The summed E-state index contributed by atoms with van der Waals surface area (Å²) in [5, 5.41) is 14.9. The van der Waals surface area contributed by atoms with Gasteiger partial charge in [-0.05, 0) is 55.8 Å². The molecular formula is C17H23ClN6O2S. The number of ketones is 1. The summed E-state index contributed by atoms with van der Waals surface area (Å²) in [6.45, 7) is 4.74. The fourth-order valence-corrected chi connectivity index (χ4v) is 3.66. The highest BCUT2D eigenvalue weighted by Gasteiger charge is 2.28. The Morgan fingerprint density at radius 3 is 2.70 bits per heavy atom. The van der Waals surface area contributed by atoms with Crippen molar-refractivity contribution in [3.63, 3.8) is 0 Å². The predicted molar refractivity (Wildman–Crippen MR) is 106 cm³/mol. The normalized spacial score (nSPS) is 16.2. The van der Waals surface area contributed by atoms with Crippen molar-refractivity contribution in [1.29, 1.82) is 0 Å². The van der Waals surface area contributed by atoms with Gasteiger partial charge in [0.1, 0.15) is 0 Å². The summed E-state index contributed by atoms with van der Waals surface area (Å²) >= 11 is 0.934. The third-order valence-electron chi connectivity index (χ3n) is 4.25. The molecule has 0 saturated carbocycles. The molecule has 0 unspecified atom stereocenters. The Morgan fingerprint density at radius 1 is 1.33 bits per heavy atom. The molecule has 1 N–H and O–H groups in total. The lowest BCUT2D eigenvalue weighted by atomic mass is 10.1. The van der Waals surface area contributed by atoms with Crippen molar-refractivity contribution in [1.82, 2.24) is 30.4 Å². The number of para-hydroxylation sites is 1. The van der Waals surface area contributed by atoms with Gasteiger partial charge in [-0.3, -0.25) is 9.59 Å². The van der Waals surface area contributed by atoms with Gasteiger partial charge in [0.25, 0.3) is 5.24 Å². The van der Waals surface area contributed by atoms with E-state index in [2.05, 4.69) is 20.8 Å². The maximum absolute atomic E-state index is 12.8. The van der Waals surface area contributed by atoms with Crippen molar-refractivity contribution in [2.24, 2.45) is 0 Å². The molecule has 1 aromatic heterocycles. The summed E-state index contributed by atoms with van der Waals surface area (Å²) in [6.07, 6.45) is 1.82. The molecule has 8 nitrogen and oxygen atoms in total. The van der Waals surface area contributed by atoms with Gasteiger partial charge in [0.05, 0.1) is 18.3 Å². The monoisotopic (exact) mass is 410 g/mol. The molecular weight excluding hydrogens is 388 g/mol. The number of aromatic nitrogens is 4. The number of rotatable bonds is 6. The van der Waals surface area contributed by atoms with Gasteiger partial charge in [0.15, 0.2) is 5.78 Å². The van der Waals surface area contributed by atoms with Gasteiger partial charge >= 0.3 is 0 Å². The highest BCUT2D eigenvalue weighted by molar-refractivity contribution is 8.13. The largest absolute Gasteiger partial charge is 0.323 e. The number of halogens is 1. The number of hydrogen-bond donors (Lipinski definition) is 1. The van der Waals surface area contributed by atoms with E-state index in [9.17, 15) is 9.59 Å². The molecule has 27 heavy (non-hydrogen) atoms. The Morgan fingerprint density at radius 2 is 2.07 bits per heavy atom. The number of benzene rings is 1. The van der Waals surface area contributed by atoms with Gasteiger partial charge in [0, 0.05) is 17.8 Å². The molecule has 0 spiro atoms. The minimum absolute atomic E-state index is 0. The quantitative estimate of drug-likeness (QED) is 0.730. The van der Waals surface area contributed by atoms with Gasteiger partial charge in [-0.25, -0.2) is 0 Å². The van der Waals surface area contributed by atoms with E-state index >= 15 is 0 Å². The summed E-state index contributed by atoms with van der Waals surface area (Å²) in [6, 6.07) is 9.13. The van der Waals surface area contributed by atoms with Crippen LogP contribution in [0.25, 0.3) is 5.69 Å². The van der Waals surface area contributed by atoms with Crippen molar-refractivity contribution < 1.29 is 9.59 Å². The zero-order chi connectivity index (χ0) is 18.5. The van der Waals surface area contributed by atoms with E-state index in [0.717, 1.165) is 36.8 Å². The highest BCUT2D eigenvalue weighted by atomic mass is 35.5. The van der Waals surface area contributed by atoms with E-state index in [1.165, 1.54) is 4.68 Å². The van der Waals surface area contributed by atoms with Crippen LogP contribution < -0.4 is 5.32 Å². The number of nitrogens with one attached hydrogen (secondary N) is 1. The molecule has 1 saturated heterocycles. The smallest absolute Gasteiger partial charge is 0.290 e. The molecule has 1 fully saturated rings. The fourth-order valence-electron chi connectivity index (χ4n) is 2.81. The van der Waals surface area contributed by atoms with Crippen LogP contribution in [0, 0.1) is 0 Å². The molecule has 10 heteroatoms. The maximum atomic E-state index is 12.8. The maximum Gasteiger partial charge on any atom is 0.290 e. The molecule has 0 aliphatic carbocycles. The van der Waals surface area contributed by atoms with Crippen LogP contribution in [0.4, 0.5) is 4.79 Å². The van der Waals surface area contributed by atoms with Crippen molar-refractivity contribution in [3.05, 3.63) is 30.3 Å². The number of nitrogens with zero attached hydrogens (tertiary/aromatic N) is 5. The number of tetrazole rings is 1. The molecule has 3 rings (SSSR count). The third-order valence-corrected chi connectivity index (χ3v) is 5.10. The summed E-state index contributed by atoms with van der Waals surface area (Å²) in [5.74, 6) is 0.0489. The summed E-state index contributed by atoms with van der Waals surface area (Å²) in [7, 11) is 0. The highest BCUT2D eigenvalue weighted by Crippen LogP contribution is 2.22. The molecule has 1 aliphatic heterocycles. The van der Waals surface area contributed by atoms with Crippen LogP contribution in [0.3, 0.4) is 0 Å². The topological polar surface area (TPSA) is 93.0 Å². The third kappa shape index (κ3) is 5.27. The van der Waals surface area contributed by atoms with E-state index < -0.39 is 0 Å². The Balaban J connectivity index is 0.00000261. The first-order valence-electron chi connectivity index (χ1n) is 8.64. The van der Waals surface area contributed by atoms with Crippen molar-refractivity contribution in [3.8, 4) is 5.69 Å². The van der Waals surface area contributed by atoms with E-state index in [4.69, 9.17) is 0 Å². The SMILES string of the molecule is CC(C)N(CC(=O)[C@@H]1CCCN1)C(=O)Sc1nnnn1-c1ccccc1.Cl. The van der Waals surface area contributed by atoms with Crippen LogP contribution in [-0.4, -0.2) is 61.3 Å². The molecule has 1 aromatic carbocycles. The second-order valence-electron chi connectivity index (χ2n) is 6.41. The lowest BCUT2D eigenvalue weighted by Crippen LogP contribution is -2.44. The Kier molecular flexibility index (Phi) is 7.76. The van der Waals surface area contributed by atoms with Crippen LogP contribution in [-0.2, 0) is 4.79 Å². The van der Waals surface area contributed by atoms with Gasteiger partial charge < -0.3 is 10.2 Å². The number of carbonyl (C=O) groups is 2. The van der Waals surface area contributed by atoms with E-state index in [1.807, 2.05) is 44.2 Å². The molecule has 1 atom stereocenters. The van der Waals surface area contributed by atoms with E-state index in [-0.39, 0.29) is 42.1 Å². The molecule has 0 radical (unpaired) electrons. The van der Waals surface area contributed by atoms with E-state index in [0.29, 0.717) is 5.16 Å². The van der Waals surface area contributed by atoms with Crippen LogP contribution in [0.15, 0.2) is 35.5 Å². The van der Waals surface area contributed by atoms with Crippen LogP contribution in [0.1, 0.15) is 26.7 Å². The lowest BCUT2D eigenvalue weighted by Gasteiger charge is -2.26. The first kappa shape index (κ1) is 21.3. The van der Waals surface area contributed by atoms with Crippen molar-refractivity contribution >= 4 is 35.2 Å². The summed E-state index contributed by atoms with van der Waals surface area (Å²) < 4.78 is 1.52. The second-order valence-corrected chi connectivity index (χ2v) is 7.33. The predicted octanol–water partition coefficient (Wildman–Crippen LogP) is 2.33. The Bertz CT molecular complexity index is 764. The Labute approximate surface area is 168 Å². The number of carbonyl (C=O) groups excluding carboxylic acids is 2. The van der Waals surface area contributed by atoms with Crippen LogP contribution >= 0.6 is 24.2 Å². The average molecular weight is 411 g/mol. The lowest BCUT2D eigenvalue weighted by molar-refractivity contribution is -0.121. The first-order valence-corrected chi connectivity index (χ1v) is 9.46. The standard InChI is InChI=1S/C17H22N6O2S.ClH/c1-12(2)22(11-15(24)14-9-6-10-18-14)17(25)26-16-19-20-21-23(16)13-7-4-3-5-8-13;/h3-5,7-8,12,14,18H,6,9-11H2,1-2H3;1H/t14-;/m0./s1. The number of Topliss-reactive ketones (excluding diaryl/α,β-unsaturated/α-hetero) is 1. The molecule has 1 aliphatic rings. The fraction of sp³-hybridized carbons (Fsp3) is 0.471. The van der Waals surface area contributed by atoms with Crippen molar-refractivity contribution in [2.45, 2.75) is 43.9 Å². The number of amides is 1. The molecule has 1 amide bonds. The molecule has 146 valence electrons. The molecule has 2 aromatic rings. The van der Waals surface area contributed by atoms with Gasteiger partial charge in [-0.1, -0.05) is 18.2 Å². The van der Waals surface area contributed by atoms with Crippen LogP contribution in [0.5, 0.6) is 0 Å². The minimum atomic E-state index is -0.238. The second kappa shape index (κ2) is 9.82. The first-order chi connectivity index (χ1) is 12.6. The zero-order valence-electron chi connectivity index (χ0n) is 15.2. The summed E-state index contributed by atoms with van der Waals surface area (Å²) in [4.78, 5) is 26.8. The van der Waals surface area contributed by atoms with Gasteiger partial charge in [0.2, 0.25) is 5.16 Å². The molecule has 0 bridgehead atoms. The minimum Gasteiger partial charge on any atom is -0.323 e. The number of hydrogen-bond acceptors (Lipinski definition) is 7. The van der Waals surface area contributed by atoms with Crippen LogP contribution in [0.2, 0.25) is 0 Å². The zero-order valence-corrected chi connectivity index (χ0v) is 16.9. The van der Waals surface area contributed by atoms with Crippen molar-refractivity contribution in [2.75, 3.05) is 13.1 Å². The Hall–Kier alpha value is -1.97.